The molecule has 2 aliphatic rings. The molecule has 0 radical (unpaired) electrons. The molecule has 0 atom stereocenters. The zero-order chi connectivity index (χ0) is 18.7. The first kappa shape index (κ1) is 19.7. The monoisotopic (exact) mass is 396 g/mol. The van der Waals surface area contributed by atoms with Crippen molar-refractivity contribution in [1.82, 2.24) is 4.31 Å². The summed E-state index contributed by atoms with van der Waals surface area (Å²) in [5.41, 5.74) is 1.85. The number of sulfonamides is 1. The number of hydrogen-bond acceptors (Lipinski definition) is 4. The van der Waals surface area contributed by atoms with Crippen molar-refractivity contribution in [1.29, 1.82) is 0 Å². The van der Waals surface area contributed by atoms with E-state index < -0.39 is 10.0 Å². The summed E-state index contributed by atoms with van der Waals surface area (Å²) in [6.45, 7) is 6.23. The van der Waals surface area contributed by atoms with E-state index >= 15 is 0 Å². The number of rotatable bonds is 6. The minimum atomic E-state index is -3.41. The Bertz CT molecular complexity index is 756. The average molecular weight is 397 g/mol. The van der Waals surface area contributed by atoms with Crippen LogP contribution in [0.3, 0.4) is 0 Å². The third-order valence-corrected chi connectivity index (χ3v) is 8.10. The standard InChI is InChI=1S/C19H28N2O3S2/c1-15(2)13-25-14-19(22)21-11-5-6-16-12-17(7-8-18(16)21)26(23,24)20-9-3-4-10-20/h7-8,12,15H,3-6,9-11,13-14H2,1-2H3. The van der Waals surface area contributed by atoms with Gasteiger partial charge in [0.05, 0.1) is 10.6 Å². The lowest BCUT2D eigenvalue weighted by Crippen LogP contribution is -2.37. The molecule has 0 N–H and O–H groups in total. The van der Waals surface area contributed by atoms with Crippen molar-refractivity contribution in [3.63, 3.8) is 0 Å². The first-order valence-electron chi connectivity index (χ1n) is 9.41. The minimum absolute atomic E-state index is 0.117. The zero-order valence-electron chi connectivity index (χ0n) is 15.6. The maximum Gasteiger partial charge on any atom is 0.243 e. The van der Waals surface area contributed by atoms with Crippen LogP contribution in [-0.4, -0.2) is 49.8 Å². The van der Waals surface area contributed by atoms with E-state index in [0.717, 1.165) is 42.7 Å². The number of carbonyl (C=O) groups excluding carboxylic acids is 1. The number of nitrogens with zero attached hydrogens (tertiary/aromatic N) is 2. The van der Waals surface area contributed by atoms with E-state index in [1.165, 1.54) is 0 Å². The van der Waals surface area contributed by atoms with Crippen molar-refractivity contribution >= 4 is 33.4 Å². The summed E-state index contributed by atoms with van der Waals surface area (Å²) in [4.78, 5) is 14.8. The van der Waals surface area contributed by atoms with Crippen LogP contribution < -0.4 is 4.90 Å². The second-order valence-electron chi connectivity index (χ2n) is 7.46. The molecular formula is C19H28N2O3S2. The van der Waals surface area contributed by atoms with Crippen LogP contribution in [0, 0.1) is 5.92 Å². The summed E-state index contributed by atoms with van der Waals surface area (Å²) in [6, 6.07) is 5.27. The molecule has 2 heterocycles. The van der Waals surface area contributed by atoms with E-state index in [4.69, 9.17) is 0 Å². The maximum atomic E-state index is 12.8. The molecule has 5 nitrogen and oxygen atoms in total. The first-order valence-corrected chi connectivity index (χ1v) is 12.0. The highest BCUT2D eigenvalue weighted by Crippen LogP contribution is 2.31. The normalized spacial score (nSPS) is 18.3. The van der Waals surface area contributed by atoms with Gasteiger partial charge in [-0.2, -0.15) is 16.1 Å². The van der Waals surface area contributed by atoms with Gasteiger partial charge in [-0.1, -0.05) is 13.8 Å². The number of anilines is 1. The molecule has 0 bridgehead atoms. The Hall–Kier alpha value is -1.05. The maximum absolute atomic E-state index is 12.8. The molecule has 0 aliphatic carbocycles. The summed E-state index contributed by atoms with van der Waals surface area (Å²) < 4.78 is 27.1. The third kappa shape index (κ3) is 4.26. The lowest BCUT2D eigenvalue weighted by molar-refractivity contribution is -0.116. The van der Waals surface area contributed by atoms with Gasteiger partial charge in [-0.05, 0) is 61.1 Å². The fourth-order valence-corrected chi connectivity index (χ4v) is 6.02. The van der Waals surface area contributed by atoms with Gasteiger partial charge < -0.3 is 4.90 Å². The van der Waals surface area contributed by atoms with Crippen LogP contribution in [0.2, 0.25) is 0 Å². The number of aryl methyl sites for hydroxylation is 1. The van der Waals surface area contributed by atoms with Gasteiger partial charge in [-0.3, -0.25) is 4.79 Å². The lowest BCUT2D eigenvalue weighted by atomic mass is 10.0. The molecule has 1 aromatic rings. The van der Waals surface area contributed by atoms with Gasteiger partial charge in [0.2, 0.25) is 15.9 Å². The highest BCUT2D eigenvalue weighted by atomic mass is 32.2. The molecule has 1 aromatic carbocycles. The predicted octanol–water partition coefficient (Wildman–Crippen LogP) is 3.14. The van der Waals surface area contributed by atoms with E-state index in [9.17, 15) is 13.2 Å². The molecule has 3 rings (SSSR count). The fourth-order valence-electron chi connectivity index (χ4n) is 3.53. The summed E-state index contributed by atoms with van der Waals surface area (Å²) >= 11 is 1.67. The largest absolute Gasteiger partial charge is 0.311 e. The van der Waals surface area contributed by atoms with Crippen LogP contribution in [-0.2, 0) is 21.2 Å². The number of thioether (sulfide) groups is 1. The zero-order valence-corrected chi connectivity index (χ0v) is 17.2. The number of amides is 1. The van der Waals surface area contributed by atoms with Crippen LogP contribution >= 0.6 is 11.8 Å². The number of hydrogen-bond donors (Lipinski definition) is 0. The molecule has 0 spiro atoms. The molecule has 26 heavy (non-hydrogen) atoms. The smallest absolute Gasteiger partial charge is 0.243 e. The molecule has 1 fully saturated rings. The predicted molar refractivity (Wildman–Crippen MR) is 107 cm³/mol. The van der Waals surface area contributed by atoms with Crippen molar-refractivity contribution in [3.05, 3.63) is 23.8 Å². The highest BCUT2D eigenvalue weighted by molar-refractivity contribution is 7.99. The van der Waals surface area contributed by atoms with Gasteiger partial charge >= 0.3 is 0 Å². The van der Waals surface area contributed by atoms with Gasteiger partial charge in [0.25, 0.3) is 0 Å². The lowest BCUT2D eigenvalue weighted by Gasteiger charge is -2.30. The van der Waals surface area contributed by atoms with E-state index in [1.807, 2.05) is 11.0 Å². The second-order valence-corrected chi connectivity index (χ2v) is 10.4. The van der Waals surface area contributed by atoms with Crippen molar-refractivity contribution in [3.8, 4) is 0 Å². The van der Waals surface area contributed by atoms with Crippen molar-refractivity contribution in [2.24, 2.45) is 5.92 Å². The number of benzene rings is 1. The molecule has 2 aliphatic heterocycles. The Morgan fingerprint density at radius 1 is 1.15 bits per heavy atom. The van der Waals surface area contributed by atoms with Crippen molar-refractivity contribution < 1.29 is 13.2 Å². The topological polar surface area (TPSA) is 57.7 Å². The summed E-state index contributed by atoms with van der Waals surface area (Å²) in [6.07, 6.45) is 3.56. The molecule has 1 amide bonds. The summed E-state index contributed by atoms with van der Waals surface area (Å²) in [5, 5.41) is 0. The number of fused-ring (bicyclic) bond motifs is 1. The molecule has 0 unspecified atom stereocenters. The average Bonchev–Trinajstić information content (AvgIpc) is 3.15. The van der Waals surface area contributed by atoms with Gasteiger partial charge in [-0.25, -0.2) is 8.42 Å². The van der Waals surface area contributed by atoms with Crippen LogP contribution in [0.5, 0.6) is 0 Å². The van der Waals surface area contributed by atoms with Gasteiger partial charge in [0.15, 0.2) is 0 Å². The Labute approximate surface area is 161 Å². The first-order chi connectivity index (χ1) is 12.4. The fraction of sp³-hybridized carbons (Fsp3) is 0.632. The highest BCUT2D eigenvalue weighted by Gasteiger charge is 2.29. The summed E-state index contributed by atoms with van der Waals surface area (Å²) in [5.74, 6) is 2.14. The van der Waals surface area contributed by atoms with E-state index in [2.05, 4.69) is 13.8 Å². The van der Waals surface area contributed by atoms with E-state index in [-0.39, 0.29) is 5.91 Å². The van der Waals surface area contributed by atoms with Gasteiger partial charge in [-0.15, -0.1) is 0 Å². The molecule has 144 valence electrons. The van der Waals surface area contributed by atoms with E-state index in [0.29, 0.717) is 36.2 Å². The van der Waals surface area contributed by atoms with Crippen LogP contribution in [0.25, 0.3) is 0 Å². The van der Waals surface area contributed by atoms with E-state index in [1.54, 1.807) is 28.2 Å². The molecule has 1 saturated heterocycles. The van der Waals surface area contributed by atoms with Crippen molar-refractivity contribution in [2.45, 2.75) is 44.4 Å². The third-order valence-electron chi connectivity index (χ3n) is 4.85. The minimum Gasteiger partial charge on any atom is -0.311 e. The van der Waals surface area contributed by atoms with Crippen LogP contribution in [0.15, 0.2) is 23.1 Å². The van der Waals surface area contributed by atoms with Crippen LogP contribution in [0.1, 0.15) is 38.7 Å². The Kier molecular flexibility index (Phi) is 6.30. The van der Waals surface area contributed by atoms with Gasteiger partial charge in [0, 0.05) is 25.3 Å². The van der Waals surface area contributed by atoms with Gasteiger partial charge in [0.1, 0.15) is 0 Å². The molecule has 0 saturated carbocycles. The van der Waals surface area contributed by atoms with Crippen molar-refractivity contribution in [2.75, 3.05) is 36.0 Å². The number of carbonyl (C=O) groups is 1. The quantitative estimate of drug-likeness (QED) is 0.741. The Morgan fingerprint density at radius 3 is 2.58 bits per heavy atom. The Balaban J connectivity index is 1.78. The summed E-state index contributed by atoms with van der Waals surface area (Å²) in [7, 11) is -3.41. The Morgan fingerprint density at radius 2 is 1.88 bits per heavy atom. The SMILES string of the molecule is CC(C)CSCC(=O)N1CCCc2cc(S(=O)(=O)N3CCCC3)ccc21. The molecular weight excluding hydrogens is 368 g/mol. The molecule has 7 heteroatoms. The second kappa shape index (κ2) is 8.31. The molecule has 0 aromatic heterocycles. The van der Waals surface area contributed by atoms with Crippen LogP contribution in [0.4, 0.5) is 5.69 Å².